The third-order valence-corrected chi connectivity index (χ3v) is 2.60. The van der Waals surface area contributed by atoms with Crippen LogP contribution in [0.5, 0.6) is 11.5 Å². The van der Waals surface area contributed by atoms with Gasteiger partial charge in [-0.05, 0) is 19.1 Å². The number of ether oxygens (including phenoxy) is 3. The molecule has 0 bridgehead atoms. The molecule has 0 aliphatic carbocycles. The molecule has 0 heterocycles. The van der Waals surface area contributed by atoms with Crippen molar-refractivity contribution in [3.63, 3.8) is 0 Å². The summed E-state index contributed by atoms with van der Waals surface area (Å²) in [4.78, 5) is 34.5. The first kappa shape index (κ1) is 18.1. The molecule has 0 saturated heterocycles. The topological polar surface area (TPSA) is 115 Å². The molecule has 0 aliphatic rings. The van der Waals surface area contributed by atoms with E-state index in [-0.39, 0.29) is 18.7 Å². The minimum Gasteiger partial charge on any atom is -0.497 e. The van der Waals surface area contributed by atoms with Crippen LogP contribution in [0.15, 0.2) is 18.2 Å². The van der Waals surface area contributed by atoms with E-state index in [1.165, 1.54) is 26.4 Å². The Hall–Kier alpha value is -2.97. The number of methoxy groups -OCH3 is 2. The average molecular weight is 325 g/mol. The van der Waals surface area contributed by atoms with Gasteiger partial charge >= 0.3 is 6.09 Å². The van der Waals surface area contributed by atoms with Gasteiger partial charge in [0.2, 0.25) is 0 Å². The van der Waals surface area contributed by atoms with Crippen LogP contribution in [-0.2, 0) is 9.53 Å². The number of amides is 3. The predicted molar refractivity (Wildman–Crippen MR) is 80.2 cm³/mol. The van der Waals surface area contributed by atoms with E-state index in [2.05, 4.69) is 15.5 Å². The van der Waals surface area contributed by atoms with Crippen LogP contribution < -0.4 is 25.6 Å². The molecule has 0 radical (unpaired) electrons. The molecule has 9 nitrogen and oxygen atoms in total. The molecule has 0 aliphatic heterocycles. The number of hydrazine groups is 1. The van der Waals surface area contributed by atoms with E-state index in [1.54, 1.807) is 13.0 Å². The van der Waals surface area contributed by atoms with E-state index in [9.17, 15) is 14.4 Å². The Morgan fingerprint density at radius 2 is 1.61 bits per heavy atom. The van der Waals surface area contributed by atoms with Crippen molar-refractivity contribution < 1.29 is 28.6 Å². The largest absolute Gasteiger partial charge is 0.497 e. The van der Waals surface area contributed by atoms with Crippen molar-refractivity contribution in [3.8, 4) is 11.5 Å². The fourth-order valence-electron chi connectivity index (χ4n) is 1.53. The lowest BCUT2D eigenvalue weighted by molar-refractivity contribution is -0.121. The molecule has 0 unspecified atom stereocenters. The van der Waals surface area contributed by atoms with Crippen molar-refractivity contribution in [3.05, 3.63) is 23.8 Å². The third-order valence-electron chi connectivity index (χ3n) is 2.60. The van der Waals surface area contributed by atoms with Gasteiger partial charge in [-0.1, -0.05) is 0 Å². The van der Waals surface area contributed by atoms with Crippen molar-refractivity contribution in [2.45, 2.75) is 6.92 Å². The van der Waals surface area contributed by atoms with Gasteiger partial charge in [-0.15, -0.1) is 0 Å². The molecule has 1 rings (SSSR count). The minimum absolute atomic E-state index is 0.177. The zero-order valence-electron chi connectivity index (χ0n) is 13.1. The molecule has 0 saturated carbocycles. The van der Waals surface area contributed by atoms with Crippen molar-refractivity contribution >= 4 is 17.9 Å². The second-order valence-electron chi connectivity index (χ2n) is 4.18. The van der Waals surface area contributed by atoms with E-state index < -0.39 is 17.9 Å². The van der Waals surface area contributed by atoms with Gasteiger partial charge in [-0.3, -0.25) is 15.0 Å². The lowest BCUT2D eigenvalue weighted by atomic mass is 10.2. The number of carbonyl (C=O) groups excluding carboxylic acids is 3. The number of hydrogen-bond acceptors (Lipinski definition) is 6. The molecule has 0 spiro atoms. The lowest BCUT2D eigenvalue weighted by Gasteiger charge is -2.10. The monoisotopic (exact) mass is 325 g/mol. The van der Waals surface area contributed by atoms with E-state index in [0.29, 0.717) is 11.5 Å². The zero-order chi connectivity index (χ0) is 17.2. The van der Waals surface area contributed by atoms with Gasteiger partial charge in [-0.25, -0.2) is 10.2 Å². The van der Waals surface area contributed by atoms with E-state index in [1.807, 2.05) is 5.43 Å². The zero-order valence-corrected chi connectivity index (χ0v) is 13.1. The molecule has 3 N–H and O–H groups in total. The van der Waals surface area contributed by atoms with Gasteiger partial charge in [0.25, 0.3) is 11.8 Å². The van der Waals surface area contributed by atoms with Crippen LogP contribution in [0.4, 0.5) is 4.79 Å². The van der Waals surface area contributed by atoms with Crippen LogP contribution in [0.2, 0.25) is 0 Å². The molecule has 0 atom stereocenters. The SMILES string of the molecule is CCOC(=O)NNC(=O)CNC(=O)c1cc(OC)cc(OC)c1. The van der Waals surface area contributed by atoms with Crippen molar-refractivity contribution in [2.24, 2.45) is 0 Å². The minimum atomic E-state index is -0.787. The van der Waals surface area contributed by atoms with Crippen LogP contribution in [-0.4, -0.2) is 45.3 Å². The van der Waals surface area contributed by atoms with Gasteiger partial charge in [0.05, 0.1) is 27.4 Å². The lowest BCUT2D eigenvalue weighted by Crippen LogP contribution is -2.46. The summed E-state index contributed by atoms with van der Waals surface area (Å²) in [7, 11) is 2.93. The van der Waals surface area contributed by atoms with Gasteiger partial charge < -0.3 is 19.5 Å². The number of hydrogen-bond donors (Lipinski definition) is 3. The van der Waals surface area contributed by atoms with Crippen LogP contribution in [0, 0.1) is 0 Å². The summed E-state index contributed by atoms with van der Waals surface area (Å²) in [6.45, 7) is 1.48. The Bertz CT molecular complexity index is 553. The molecule has 126 valence electrons. The quantitative estimate of drug-likeness (QED) is 0.644. The maximum absolute atomic E-state index is 12.0. The van der Waals surface area contributed by atoms with Crippen molar-refractivity contribution in [1.29, 1.82) is 0 Å². The summed E-state index contributed by atoms with van der Waals surface area (Å²) in [6.07, 6.45) is -0.787. The normalized spacial score (nSPS) is 9.52. The highest BCUT2D eigenvalue weighted by atomic mass is 16.6. The van der Waals surface area contributed by atoms with E-state index >= 15 is 0 Å². The molecule has 23 heavy (non-hydrogen) atoms. The molecule has 0 fully saturated rings. The summed E-state index contributed by atoms with van der Waals surface area (Å²) in [5.41, 5.74) is 4.39. The number of benzene rings is 1. The van der Waals surface area contributed by atoms with Gasteiger partial charge in [-0.2, -0.15) is 0 Å². The van der Waals surface area contributed by atoms with Crippen molar-refractivity contribution in [1.82, 2.24) is 16.2 Å². The van der Waals surface area contributed by atoms with E-state index in [4.69, 9.17) is 9.47 Å². The Balaban J connectivity index is 2.53. The first-order valence-electron chi connectivity index (χ1n) is 6.73. The maximum Gasteiger partial charge on any atom is 0.426 e. The highest BCUT2D eigenvalue weighted by Crippen LogP contribution is 2.22. The molecular weight excluding hydrogens is 306 g/mol. The van der Waals surface area contributed by atoms with Gasteiger partial charge in [0, 0.05) is 11.6 Å². The first-order chi connectivity index (χ1) is 11.0. The maximum atomic E-state index is 12.0. The third kappa shape index (κ3) is 6.12. The predicted octanol–water partition coefficient (Wildman–Crippen LogP) is 0.211. The summed E-state index contributed by atoms with van der Waals surface area (Å²) < 4.78 is 14.7. The van der Waals surface area contributed by atoms with Crippen LogP contribution in [0.3, 0.4) is 0 Å². The highest BCUT2D eigenvalue weighted by molar-refractivity contribution is 5.97. The fourth-order valence-corrected chi connectivity index (χ4v) is 1.53. The standard InChI is InChI=1S/C14H19N3O6/c1-4-23-14(20)17-16-12(18)8-15-13(19)9-5-10(21-2)7-11(6-9)22-3/h5-7H,4,8H2,1-3H3,(H,15,19)(H,16,18)(H,17,20). The Morgan fingerprint density at radius 3 is 2.13 bits per heavy atom. The molecule has 3 amide bonds. The average Bonchev–Trinajstić information content (AvgIpc) is 2.57. The number of carbonyl (C=O) groups is 3. The summed E-state index contributed by atoms with van der Waals surface area (Å²) in [5, 5.41) is 2.40. The molecule has 1 aromatic carbocycles. The van der Waals surface area contributed by atoms with Crippen LogP contribution >= 0.6 is 0 Å². The Morgan fingerprint density at radius 1 is 1.00 bits per heavy atom. The molecule has 1 aromatic rings. The number of nitrogens with one attached hydrogen (secondary N) is 3. The fraction of sp³-hybridized carbons (Fsp3) is 0.357. The van der Waals surface area contributed by atoms with Crippen LogP contribution in [0.1, 0.15) is 17.3 Å². The molecular formula is C14H19N3O6. The summed E-state index contributed by atoms with van der Waals surface area (Å²) in [5.74, 6) is -0.208. The second-order valence-corrected chi connectivity index (χ2v) is 4.18. The van der Waals surface area contributed by atoms with Crippen molar-refractivity contribution in [2.75, 3.05) is 27.4 Å². The molecule has 0 aromatic heterocycles. The van der Waals surface area contributed by atoms with E-state index in [0.717, 1.165) is 0 Å². The Kier molecular flexibility index (Phi) is 7.18. The van der Waals surface area contributed by atoms with Gasteiger partial charge in [0.15, 0.2) is 0 Å². The van der Waals surface area contributed by atoms with Gasteiger partial charge in [0.1, 0.15) is 11.5 Å². The molecule has 9 heteroatoms. The van der Waals surface area contributed by atoms with Crippen LogP contribution in [0.25, 0.3) is 0 Å². The summed E-state index contributed by atoms with van der Waals surface area (Å²) in [6, 6.07) is 4.63. The highest BCUT2D eigenvalue weighted by Gasteiger charge is 2.11. The first-order valence-corrected chi connectivity index (χ1v) is 6.73. The number of rotatable bonds is 6. The smallest absolute Gasteiger partial charge is 0.426 e. The summed E-state index contributed by atoms with van der Waals surface area (Å²) >= 11 is 0. The second kappa shape index (κ2) is 9.13. The Labute approximate surface area is 133 Å².